The van der Waals surface area contributed by atoms with E-state index in [0.29, 0.717) is 11.9 Å². The number of guanidine groups is 1. The van der Waals surface area contributed by atoms with Crippen LogP contribution in [-0.2, 0) is 4.74 Å². The van der Waals surface area contributed by atoms with Crippen molar-refractivity contribution in [2.24, 2.45) is 10.7 Å². The second-order valence-corrected chi connectivity index (χ2v) is 5.04. The highest BCUT2D eigenvalue weighted by Gasteiger charge is 2.12. The van der Waals surface area contributed by atoms with Gasteiger partial charge in [0.05, 0.1) is 13.2 Å². The molecule has 0 spiro atoms. The molecule has 4 nitrogen and oxygen atoms in total. The van der Waals surface area contributed by atoms with E-state index in [1.54, 1.807) is 11.3 Å². The highest BCUT2D eigenvalue weighted by molar-refractivity contribution is 7.07. The highest BCUT2D eigenvalue weighted by Crippen LogP contribution is 2.18. The van der Waals surface area contributed by atoms with Crippen LogP contribution in [0.4, 0.5) is 0 Å². The minimum Gasteiger partial charge on any atom is -0.378 e. The second-order valence-electron chi connectivity index (χ2n) is 4.26. The molecule has 17 heavy (non-hydrogen) atoms. The smallest absolute Gasteiger partial charge is 0.191 e. The fraction of sp³-hybridized carbons (Fsp3) is 0.583. The first kappa shape index (κ1) is 12.4. The topological polar surface area (TPSA) is 50.8 Å². The van der Waals surface area contributed by atoms with Gasteiger partial charge in [-0.25, -0.2) is 0 Å². The lowest BCUT2D eigenvalue weighted by Gasteiger charge is -2.27. The predicted molar refractivity (Wildman–Crippen MR) is 71.6 cm³/mol. The molecule has 1 fully saturated rings. The van der Waals surface area contributed by atoms with E-state index in [0.717, 1.165) is 32.8 Å². The van der Waals surface area contributed by atoms with Gasteiger partial charge in [0, 0.05) is 25.6 Å². The monoisotopic (exact) mass is 253 g/mol. The Morgan fingerprint density at radius 1 is 1.59 bits per heavy atom. The van der Waals surface area contributed by atoms with Crippen molar-refractivity contribution in [3.63, 3.8) is 0 Å². The molecule has 2 rings (SSSR count). The van der Waals surface area contributed by atoms with E-state index in [9.17, 15) is 0 Å². The maximum atomic E-state index is 5.97. The van der Waals surface area contributed by atoms with E-state index in [4.69, 9.17) is 10.5 Å². The van der Waals surface area contributed by atoms with Crippen molar-refractivity contribution in [1.29, 1.82) is 0 Å². The summed E-state index contributed by atoms with van der Waals surface area (Å²) in [5.41, 5.74) is 7.31. The Morgan fingerprint density at radius 3 is 3.00 bits per heavy atom. The van der Waals surface area contributed by atoms with Gasteiger partial charge in [-0.2, -0.15) is 11.3 Å². The molecule has 1 aromatic heterocycles. The molecule has 1 aliphatic heterocycles. The van der Waals surface area contributed by atoms with Gasteiger partial charge in [-0.05, 0) is 22.4 Å². The molecule has 1 unspecified atom stereocenters. The zero-order valence-electron chi connectivity index (χ0n) is 10.1. The number of nitrogens with zero attached hydrogens (tertiary/aromatic N) is 2. The van der Waals surface area contributed by atoms with E-state index in [-0.39, 0.29) is 0 Å². The van der Waals surface area contributed by atoms with Crippen molar-refractivity contribution < 1.29 is 4.74 Å². The number of morpholine rings is 1. The van der Waals surface area contributed by atoms with Crippen LogP contribution in [0.25, 0.3) is 0 Å². The molecule has 1 atom stereocenters. The summed E-state index contributed by atoms with van der Waals surface area (Å²) >= 11 is 1.72. The second kappa shape index (κ2) is 6.02. The molecule has 0 radical (unpaired) electrons. The third-order valence-corrected chi connectivity index (χ3v) is 3.68. The minimum absolute atomic E-state index is 0.431. The molecule has 1 aliphatic rings. The van der Waals surface area contributed by atoms with Crippen molar-refractivity contribution in [1.82, 2.24) is 4.90 Å². The predicted octanol–water partition coefficient (Wildman–Crippen LogP) is 1.50. The van der Waals surface area contributed by atoms with Crippen LogP contribution in [0.5, 0.6) is 0 Å². The lowest BCUT2D eigenvalue weighted by Crippen LogP contribution is -2.44. The van der Waals surface area contributed by atoms with Gasteiger partial charge in [0.25, 0.3) is 0 Å². The summed E-state index contributed by atoms with van der Waals surface area (Å²) < 4.78 is 5.28. The average molecular weight is 253 g/mol. The number of hydrogen-bond donors (Lipinski definition) is 1. The number of hydrogen-bond acceptors (Lipinski definition) is 3. The standard InChI is InChI=1S/C12H19N3OS/c1-10(11-2-7-17-9-11)8-14-12(13)15-3-5-16-6-4-15/h2,7,9-10H,3-6,8H2,1H3,(H2,13,14). The van der Waals surface area contributed by atoms with Crippen LogP contribution in [0.3, 0.4) is 0 Å². The van der Waals surface area contributed by atoms with Crippen molar-refractivity contribution >= 4 is 17.3 Å². The first-order chi connectivity index (χ1) is 8.27. The highest BCUT2D eigenvalue weighted by atomic mass is 32.1. The summed E-state index contributed by atoms with van der Waals surface area (Å²) in [7, 11) is 0. The number of nitrogens with two attached hydrogens (primary N) is 1. The normalized spacial score (nSPS) is 19.4. The summed E-state index contributed by atoms with van der Waals surface area (Å²) in [5, 5.41) is 4.27. The zero-order valence-corrected chi connectivity index (χ0v) is 10.9. The fourth-order valence-electron chi connectivity index (χ4n) is 1.78. The molecule has 0 amide bonds. The van der Waals surface area contributed by atoms with Crippen molar-refractivity contribution in [2.75, 3.05) is 32.8 Å². The number of aliphatic imine (C=N–C) groups is 1. The van der Waals surface area contributed by atoms with Crippen LogP contribution >= 0.6 is 11.3 Å². The molecule has 0 saturated carbocycles. The maximum Gasteiger partial charge on any atom is 0.191 e. The van der Waals surface area contributed by atoms with Crippen LogP contribution in [-0.4, -0.2) is 43.7 Å². The SMILES string of the molecule is CC(CN=C(N)N1CCOCC1)c1ccsc1. The molecule has 2 heterocycles. The molecule has 1 aromatic rings. The Balaban J connectivity index is 1.86. The lowest BCUT2D eigenvalue weighted by molar-refractivity contribution is 0.0674. The van der Waals surface area contributed by atoms with Crippen molar-refractivity contribution in [3.05, 3.63) is 22.4 Å². The Labute approximate surface area is 106 Å². The molecular formula is C12H19N3OS. The van der Waals surface area contributed by atoms with Gasteiger partial charge in [-0.15, -0.1) is 0 Å². The van der Waals surface area contributed by atoms with Gasteiger partial charge < -0.3 is 15.4 Å². The van der Waals surface area contributed by atoms with Gasteiger partial charge in [0.1, 0.15) is 0 Å². The van der Waals surface area contributed by atoms with Crippen LogP contribution in [0.2, 0.25) is 0 Å². The fourth-order valence-corrected chi connectivity index (χ4v) is 2.57. The summed E-state index contributed by atoms with van der Waals surface area (Å²) in [5.74, 6) is 1.08. The maximum absolute atomic E-state index is 5.97. The number of rotatable bonds is 3. The van der Waals surface area contributed by atoms with Crippen LogP contribution in [0.1, 0.15) is 18.4 Å². The molecule has 94 valence electrons. The van der Waals surface area contributed by atoms with Gasteiger partial charge in [0.15, 0.2) is 5.96 Å². The number of ether oxygens (including phenoxy) is 1. The van der Waals surface area contributed by atoms with Crippen LogP contribution < -0.4 is 5.73 Å². The van der Waals surface area contributed by atoms with Crippen LogP contribution in [0.15, 0.2) is 21.8 Å². The van der Waals surface area contributed by atoms with Crippen LogP contribution in [0, 0.1) is 0 Å². The first-order valence-electron chi connectivity index (χ1n) is 5.92. The molecule has 1 saturated heterocycles. The summed E-state index contributed by atoms with van der Waals surface area (Å²) in [4.78, 5) is 6.56. The lowest BCUT2D eigenvalue weighted by atomic mass is 10.1. The summed E-state index contributed by atoms with van der Waals surface area (Å²) in [6, 6.07) is 2.15. The largest absolute Gasteiger partial charge is 0.378 e. The summed E-state index contributed by atoms with van der Waals surface area (Å²) in [6.07, 6.45) is 0. The Kier molecular flexibility index (Phi) is 4.39. The summed E-state index contributed by atoms with van der Waals surface area (Å²) in [6.45, 7) is 6.12. The molecule has 2 N–H and O–H groups in total. The molecule has 0 aliphatic carbocycles. The van der Waals surface area contributed by atoms with E-state index in [1.807, 2.05) is 0 Å². The molecule has 0 aromatic carbocycles. The molecule has 0 bridgehead atoms. The molecular weight excluding hydrogens is 234 g/mol. The van der Waals surface area contributed by atoms with E-state index < -0.39 is 0 Å². The van der Waals surface area contributed by atoms with E-state index in [1.165, 1.54) is 5.56 Å². The minimum atomic E-state index is 0.431. The third kappa shape index (κ3) is 3.44. The zero-order chi connectivity index (χ0) is 12.1. The van der Waals surface area contributed by atoms with E-state index >= 15 is 0 Å². The van der Waals surface area contributed by atoms with Gasteiger partial charge >= 0.3 is 0 Å². The Bertz CT molecular complexity index is 358. The average Bonchev–Trinajstić information content (AvgIpc) is 2.90. The van der Waals surface area contributed by atoms with E-state index in [2.05, 4.69) is 33.6 Å². The van der Waals surface area contributed by atoms with Gasteiger partial charge in [-0.1, -0.05) is 6.92 Å². The third-order valence-electron chi connectivity index (χ3n) is 2.97. The Morgan fingerprint density at radius 2 is 2.35 bits per heavy atom. The van der Waals surface area contributed by atoms with Gasteiger partial charge in [0.2, 0.25) is 0 Å². The van der Waals surface area contributed by atoms with Crippen molar-refractivity contribution in [2.45, 2.75) is 12.8 Å². The Hall–Kier alpha value is -1.07. The molecule has 5 heteroatoms. The quantitative estimate of drug-likeness (QED) is 0.656. The van der Waals surface area contributed by atoms with Crippen molar-refractivity contribution in [3.8, 4) is 0 Å². The number of thiophene rings is 1. The van der Waals surface area contributed by atoms with Gasteiger partial charge in [-0.3, -0.25) is 4.99 Å². The first-order valence-corrected chi connectivity index (χ1v) is 6.86.